The number of carbonyl (C=O) groups is 1. The fourth-order valence-corrected chi connectivity index (χ4v) is 3.43. The van der Waals surface area contributed by atoms with Gasteiger partial charge < -0.3 is 4.90 Å². The molecule has 2 aliphatic rings. The average Bonchev–Trinajstić information content (AvgIpc) is 2.53. The van der Waals surface area contributed by atoms with Crippen LogP contribution in [0.1, 0.15) is 52.4 Å². The molecular formula is C14H22NO. The molecule has 0 N–H and O–H groups in total. The molecule has 1 aliphatic carbocycles. The largest absolute Gasteiger partial charge is 0.339 e. The molecule has 1 spiro atoms. The van der Waals surface area contributed by atoms with Gasteiger partial charge in [-0.25, -0.2) is 0 Å². The van der Waals surface area contributed by atoms with Crippen molar-refractivity contribution in [3.8, 4) is 0 Å². The molecule has 2 heteroatoms. The SMILES string of the molecule is CCC1(CC)CC2(CC=[C]CC2)N(C)C1=O. The van der Waals surface area contributed by atoms with Crippen LogP contribution in [0.15, 0.2) is 6.08 Å². The summed E-state index contributed by atoms with van der Waals surface area (Å²) < 4.78 is 0. The van der Waals surface area contributed by atoms with E-state index in [0.29, 0.717) is 5.91 Å². The van der Waals surface area contributed by atoms with Crippen molar-refractivity contribution in [2.45, 2.75) is 57.9 Å². The Kier molecular flexibility index (Phi) is 2.85. The highest BCUT2D eigenvalue weighted by Crippen LogP contribution is 2.50. The van der Waals surface area contributed by atoms with Gasteiger partial charge in [0.1, 0.15) is 0 Å². The zero-order valence-electron chi connectivity index (χ0n) is 10.7. The van der Waals surface area contributed by atoms with Crippen molar-refractivity contribution >= 4 is 5.91 Å². The highest BCUT2D eigenvalue weighted by molar-refractivity contribution is 5.86. The summed E-state index contributed by atoms with van der Waals surface area (Å²) in [6.45, 7) is 4.30. The molecule has 1 aliphatic heterocycles. The first kappa shape index (κ1) is 11.7. The number of allylic oxidation sites excluding steroid dienone is 1. The molecule has 2 nitrogen and oxygen atoms in total. The Balaban J connectivity index is 2.32. The number of hydrogen-bond donors (Lipinski definition) is 0. The van der Waals surface area contributed by atoms with Crippen molar-refractivity contribution in [2.75, 3.05) is 7.05 Å². The maximum atomic E-state index is 12.5. The first-order chi connectivity index (χ1) is 7.60. The zero-order valence-corrected chi connectivity index (χ0v) is 10.7. The van der Waals surface area contributed by atoms with Crippen LogP contribution >= 0.6 is 0 Å². The van der Waals surface area contributed by atoms with Gasteiger partial charge in [0.25, 0.3) is 0 Å². The molecule has 89 valence electrons. The van der Waals surface area contributed by atoms with Crippen LogP contribution in [0.3, 0.4) is 0 Å². The molecule has 1 fully saturated rings. The topological polar surface area (TPSA) is 20.3 Å². The van der Waals surface area contributed by atoms with E-state index in [1.807, 2.05) is 11.9 Å². The summed E-state index contributed by atoms with van der Waals surface area (Å²) in [4.78, 5) is 14.5. The van der Waals surface area contributed by atoms with Crippen LogP contribution in [0.5, 0.6) is 0 Å². The molecule has 0 saturated carbocycles. The van der Waals surface area contributed by atoms with Gasteiger partial charge in [-0.1, -0.05) is 19.9 Å². The monoisotopic (exact) mass is 220 g/mol. The fraction of sp³-hybridized carbons (Fsp3) is 0.786. The first-order valence-electron chi connectivity index (χ1n) is 6.43. The van der Waals surface area contributed by atoms with Gasteiger partial charge in [-0.2, -0.15) is 0 Å². The van der Waals surface area contributed by atoms with Gasteiger partial charge in [0.2, 0.25) is 5.91 Å². The molecule has 1 amide bonds. The number of hydrogen-bond acceptors (Lipinski definition) is 1. The van der Waals surface area contributed by atoms with Gasteiger partial charge in [0.05, 0.1) is 5.41 Å². The predicted octanol–water partition coefficient (Wildman–Crippen LogP) is 2.94. The van der Waals surface area contributed by atoms with E-state index >= 15 is 0 Å². The maximum absolute atomic E-state index is 12.5. The number of amides is 1. The van der Waals surface area contributed by atoms with Crippen molar-refractivity contribution in [1.82, 2.24) is 4.90 Å². The minimum absolute atomic E-state index is 0.0834. The Labute approximate surface area is 98.7 Å². The molecule has 0 aromatic rings. The number of likely N-dealkylation sites (tertiary alicyclic amines) is 1. The Bertz CT molecular complexity index is 317. The van der Waals surface area contributed by atoms with Crippen LogP contribution in [0.4, 0.5) is 0 Å². The molecule has 1 unspecified atom stereocenters. The van der Waals surface area contributed by atoms with Crippen molar-refractivity contribution in [3.63, 3.8) is 0 Å². The number of nitrogens with zero attached hydrogens (tertiary/aromatic N) is 1. The van der Waals surface area contributed by atoms with Crippen LogP contribution in [0, 0.1) is 11.5 Å². The van der Waals surface area contributed by atoms with Gasteiger partial charge in [-0.15, -0.1) is 0 Å². The quantitative estimate of drug-likeness (QED) is 0.700. The average molecular weight is 220 g/mol. The van der Waals surface area contributed by atoms with E-state index < -0.39 is 0 Å². The lowest BCUT2D eigenvalue weighted by Gasteiger charge is -2.37. The summed E-state index contributed by atoms with van der Waals surface area (Å²) in [5.74, 6) is 0.368. The molecule has 0 aromatic carbocycles. The Morgan fingerprint density at radius 3 is 2.56 bits per heavy atom. The molecule has 2 rings (SSSR count). The second-order valence-electron chi connectivity index (χ2n) is 5.37. The second kappa shape index (κ2) is 3.90. The van der Waals surface area contributed by atoms with E-state index in [0.717, 1.165) is 38.5 Å². The van der Waals surface area contributed by atoms with Gasteiger partial charge in [-0.3, -0.25) is 4.79 Å². The molecule has 1 radical (unpaired) electrons. The van der Waals surface area contributed by atoms with Crippen molar-refractivity contribution in [2.24, 2.45) is 5.41 Å². The van der Waals surface area contributed by atoms with Gasteiger partial charge >= 0.3 is 0 Å². The van der Waals surface area contributed by atoms with Crippen molar-refractivity contribution < 1.29 is 4.79 Å². The van der Waals surface area contributed by atoms with E-state index in [1.165, 1.54) is 0 Å². The van der Waals surface area contributed by atoms with E-state index in [1.54, 1.807) is 0 Å². The van der Waals surface area contributed by atoms with Crippen LogP contribution in [-0.2, 0) is 4.79 Å². The van der Waals surface area contributed by atoms with Crippen molar-refractivity contribution in [1.29, 1.82) is 0 Å². The molecule has 1 atom stereocenters. The van der Waals surface area contributed by atoms with Crippen LogP contribution in [0.2, 0.25) is 0 Å². The highest BCUT2D eigenvalue weighted by atomic mass is 16.2. The Hall–Kier alpha value is -0.790. The molecular weight excluding hydrogens is 198 g/mol. The summed E-state index contributed by atoms with van der Waals surface area (Å²) in [5.41, 5.74) is 0.0221. The highest BCUT2D eigenvalue weighted by Gasteiger charge is 2.55. The van der Waals surface area contributed by atoms with Gasteiger partial charge in [0.15, 0.2) is 0 Å². The lowest BCUT2D eigenvalue weighted by Crippen LogP contribution is -2.43. The Morgan fingerprint density at radius 1 is 1.44 bits per heavy atom. The smallest absolute Gasteiger partial charge is 0.229 e. The standard InChI is InChI=1S/C14H22NO/c1-4-13(5-2)11-14(15(3)12(13)16)9-7-6-8-10-14/h7H,4-5,8-11H2,1-3H3. The first-order valence-corrected chi connectivity index (χ1v) is 6.43. The molecule has 0 aromatic heterocycles. The number of rotatable bonds is 2. The third-order valence-electron chi connectivity index (χ3n) is 4.85. The summed E-state index contributed by atoms with van der Waals surface area (Å²) in [6.07, 6.45) is 11.5. The summed E-state index contributed by atoms with van der Waals surface area (Å²) in [6, 6.07) is 0. The lowest BCUT2D eigenvalue weighted by molar-refractivity contribution is -0.137. The van der Waals surface area contributed by atoms with Gasteiger partial charge in [-0.05, 0) is 44.6 Å². The second-order valence-corrected chi connectivity index (χ2v) is 5.37. The van der Waals surface area contributed by atoms with Gasteiger partial charge in [0, 0.05) is 12.6 Å². The molecule has 1 saturated heterocycles. The number of carbonyl (C=O) groups excluding carboxylic acids is 1. The maximum Gasteiger partial charge on any atom is 0.229 e. The zero-order chi connectivity index (χ0) is 11.8. The summed E-state index contributed by atoms with van der Waals surface area (Å²) in [7, 11) is 1.99. The predicted molar refractivity (Wildman–Crippen MR) is 64.8 cm³/mol. The van der Waals surface area contributed by atoms with E-state index in [-0.39, 0.29) is 11.0 Å². The fourth-order valence-electron chi connectivity index (χ4n) is 3.43. The van der Waals surface area contributed by atoms with E-state index in [4.69, 9.17) is 0 Å². The summed E-state index contributed by atoms with van der Waals surface area (Å²) >= 11 is 0. The minimum atomic E-state index is -0.0834. The van der Waals surface area contributed by atoms with E-state index in [2.05, 4.69) is 26.0 Å². The minimum Gasteiger partial charge on any atom is -0.339 e. The van der Waals surface area contributed by atoms with Crippen LogP contribution in [0.25, 0.3) is 0 Å². The molecule has 0 bridgehead atoms. The van der Waals surface area contributed by atoms with Crippen LogP contribution in [-0.4, -0.2) is 23.4 Å². The third kappa shape index (κ3) is 1.42. The Morgan fingerprint density at radius 2 is 2.12 bits per heavy atom. The molecule has 16 heavy (non-hydrogen) atoms. The van der Waals surface area contributed by atoms with E-state index in [9.17, 15) is 4.79 Å². The van der Waals surface area contributed by atoms with Crippen molar-refractivity contribution in [3.05, 3.63) is 12.2 Å². The molecule has 1 heterocycles. The lowest BCUT2D eigenvalue weighted by atomic mass is 9.73. The van der Waals surface area contributed by atoms with Crippen LogP contribution < -0.4 is 0 Å². The third-order valence-corrected chi connectivity index (χ3v) is 4.85. The summed E-state index contributed by atoms with van der Waals surface area (Å²) in [5, 5.41) is 0. The normalized spacial score (nSPS) is 32.7.